The summed E-state index contributed by atoms with van der Waals surface area (Å²) in [6.07, 6.45) is 0.634. The van der Waals surface area contributed by atoms with Crippen molar-refractivity contribution in [3.63, 3.8) is 0 Å². The van der Waals surface area contributed by atoms with Gasteiger partial charge in [-0.2, -0.15) is 0 Å². The lowest BCUT2D eigenvalue weighted by molar-refractivity contribution is 0.214. The van der Waals surface area contributed by atoms with Gasteiger partial charge in [-0.05, 0) is 24.7 Å². The zero-order valence-corrected chi connectivity index (χ0v) is 13.9. The van der Waals surface area contributed by atoms with Gasteiger partial charge in [-0.1, -0.05) is 20.8 Å². The molecule has 1 aliphatic heterocycles. The molecule has 0 saturated carbocycles. The molecule has 1 saturated heterocycles. The average molecular weight is 327 g/mol. The Morgan fingerprint density at radius 3 is 2.15 bits per heavy atom. The van der Waals surface area contributed by atoms with Gasteiger partial charge in [-0.3, -0.25) is 0 Å². The van der Waals surface area contributed by atoms with E-state index in [0.29, 0.717) is 6.42 Å². The van der Waals surface area contributed by atoms with E-state index >= 15 is 0 Å². The van der Waals surface area contributed by atoms with Gasteiger partial charge in [0.2, 0.25) is 10.0 Å². The van der Waals surface area contributed by atoms with Gasteiger partial charge in [0.1, 0.15) is 9.84 Å². The van der Waals surface area contributed by atoms with Crippen LogP contribution in [0.3, 0.4) is 0 Å². The standard InChI is InChI=1S/C12H25NO5S2/c1-12(2,3)11(4-7-14)13-20(17,18)10-5-8-19(15,16)9-6-10/h10-11,13-14H,4-9H2,1-3H3. The highest BCUT2D eigenvalue weighted by molar-refractivity contribution is 7.92. The average Bonchev–Trinajstić information content (AvgIpc) is 2.26. The molecule has 8 heteroatoms. The van der Waals surface area contributed by atoms with Crippen molar-refractivity contribution in [3.8, 4) is 0 Å². The van der Waals surface area contributed by atoms with Gasteiger partial charge < -0.3 is 5.11 Å². The molecule has 1 rings (SSSR count). The Balaban J connectivity index is 2.79. The first-order valence-corrected chi connectivity index (χ1v) is 10.2. The number of aliphatic hydroxyl groups excluding tert-OH is 1. The van der Waals surface area contributed by atoms with Crippen molar-refractivity contribution in [1.82, 2.24) is 4.72 Å². The molecule has 0 aromatic heterocycles. The molecule has 0 aromatic rings. The minimum absolute atomic E-state index is 0.0707. The summed E-state index contributed by atoms with van der Waals surface area (Å²) in [5.41, 5.74) is -0.309. The molecule has 0 spiro atoms. The fourth-order valence-corrected chi connectivity index (χ4v) is 5.98. The Morgan fingerprint density at radius 1 is 1.25 bits per heavy atom. The first-order chi connectivity index (χ1) is 8.98. The van der Waals surface area contributed by atoms with Crippen molar-refractivity contribution in [2.45, 2.75) is 51.3 Å². The predicted molar refractivity (Wildman–Crippen MR) is 78.7 cm³/mol. The maximum Gasteiger partial charge on any atom is 0.214 e. The lowest BCUT2D eigenvalue weighted by Crippen LogP contribution is -2.49. The number of nitrogens with one attached hydrogen (secondary N) is 1. The Hall–Kier alpha value is -0.180. The second-order valence-electron chi connectivity index (χ2n) is 6.44. The van der Waals surface area contributed by atoms with Crippen molar-refractivity contribution in [1.29, 1.82) is 0 Å². The van der Waals surface area contributed by atoms with Gasteiger partial charge in [0, 0.05) is 12.6 Å². The first-order valence-electron chi connectivity index (χ1n) is 6.80. The van der Waals surface area contributed by atoms with E-state index < -0.39 is 25.1 Å². The van der Waals surface area contributed by atoms with E-state index in [1.165, 1.54) is 0 Å². The molecule has 1 atom stereocenters. The van der Waals surface area contributed by atoms with Crippen LogP contribution in [0.2, 0.25) is 0 Å². The summed E-state index contributed by atoms with van der Waals surface area (Å²) in [5.74, 6) is -0.141. The molecule has 1 heterocycles. The van der Waals surface area contributed by atoms with Gasteiger partial charge in [0.05, 0.1) is 16.8 Å². The number of sulfone groups is 1. The molecule has 0 aliphatic carbocycles. The number of hydrogen-bond acceptors (Lipinski definition) is 5. The van der Waals surface area contributed by atoms with Gasteiger partial charge in [0.15, 0.2) is 0 Å². The van der Waals surface area contributed by atoms with Crippen molar-refractivity contribution in [2.75, 3.05) is 18.1 Å². The maximum atomic E-state index is 12.3. The summed E-state index contributed by atoms with van der Waals surface area (Å²) in [7, 11) is -6.64. The number of aliphatic hydroxyl groups is 1. The van der Waals surface area contributed by atoms with Gasteiger partial charge in [-0.25, -0.2) is 21.6 Å². The third-order valence-electron chi connectivity index (χ3n) is 3.71. The molecule has 0 bridgehead atoms. The minimum Gasteiger partial charge on any atom is -0.396 e. The molecule has 120 valence electrons. The third-order valence-corrected chi connectivity index (χ3v) is 7.39. The van der Waals surface area contributed by atoms with E-state index in [1.807, 2.05) is 20.8 Å². The van der Waals surface area contributed by atoms with E-state index in [0.717, 1.165) is 0 Å². The highest BCUT2D eigenvalue weighted by Gasteiger charge is 2.36. The molecule has 2 N–H and O–H groups in total. The fraction of sp³-hybridized carbons (Fsp3) is 1.00. The summed E-state index contributed by atoms with van der Waals surface area (Å²) in [6.45, 7) is 5.62. The van der Waals surface area contributed by atoms with E-state index in [2.05, 4.69) is 4.72 Å². The lowest BCUT2D eigenvalue weighted by Gasteiger charge is -2.33. The third kappa shape index (κ3) is 4.98. The number of rotatable bonds is 5. The zero-order valence-electron chi connectivity index (χ0n) is 12.3. The quantitative estimate of drug-likeness (QED) is 0.755. The van der Waals surface area contributed by atoms with Crippen LogP contribution in [-0.4, -0.2) is 51.3 Å². The summed E-state index contributed by atoms with van der Waals surface area (Å²) in [6, 6.07) is -0.365. The summed E-state index contributed by atoms with van der Waals surface area (Å²) in [4.78, 5) is 0. The summed E-state index contributed by atoms with van der Waals surface area (Å²) < 4.78 is 50.0. The van der Waals surface area contributed by atoms with Crippen LogP contribution in [0.15, 0.2) is 0 Å². The normalized spacial score (nSPS) is 22.6. The SMILES string of the molecule is CC(C)(C)C(CCO)NS(=O)(=O)C1CCS(=O)(=O)CC1. The minimum atomic E-state index is -3.56. The van der Waals surface area contributed by atoms with E-state index in [9.17, 15) is 16.8 Å². The van der Waals surface area contributed by atoms with Gasteiger partial charge in [-0.15, -0.1) is 0 Å². The Morgan fingerprint density at radius 2 is 1.75 bits per heavy atom. The first kappa shape index (κ1) is 17.9. The highest BCUT2D eigenvalue weighted by atomic mass is 32.2. The van der Waals surface area contributed by atoms with Crippen molar-refractivity contribution < 1.29 is 21.9 Å². The van der Waals surface area contributed by atoms with Crippen LogP contribution in [-0.2, 0) is 19.9 Å². The van der Waals surface area contributed by atoms with Crippen LogP contribution in [0.25, 0.3) is 0 Å². The second kappa shape index (κ2) is 6.29. The Bertz CT molecular complexity index is 505. The van der Waals surface area contributed by atoms with Gasteiger partial charge in [0.25, 0.3) is 0 Å². The fourth-order valence-electron chi connectivity index (χ4n) is 2.27. The smallest absolute Gasteiger partial charge is 0.214 e. The van der Waals surface area contributed by atoms with E-state index in [-0.39, 0.29) is 42.4 Å². The van der Waals surface area contributed by atoms with Crippen LogP contribution in [0.5, 0.6) is 0 Å². The molecule has 0 aromatic carbocycles. The molecular formula is C12H25NO5S2. The Kier molecular flexibility index (Phi) is 5.62. The van der Waals surface area contributed by atoms with E-state index in [4.69, 9.17) is 5.11 Å². The summed E-state index contributed by atoms with van der Waals surface area (Å²) >= 11 is 0. The molecule has 1 unspecified atom stereocenters. The van der Waals surface area contributed by atoms with E-state index in [1.54, 1.807) is 0 Å². The monoisotopic (exact) mass is 327 g/mol. The number of hydrogen-bond donors (Lipinski definition) is 2. The molecular weight excluding hydrogens is 302 g/mol. The highest BCUT2D eigenvalue weighted by Crippen LogP contribution is 2.25. The van der Waals surface area contributed by atoms with Crippen molar-refractivity contribution >= 4 is 19.9 Å². The Labute approximate surface area is 121 Å². The van der Waals surface area contributed by atoms with Crippen LogP contribution in [0, 0.1) is 5.41 Å². The largest absolute Gasteiger partial charge is 0.396 e. The topological polar surface area (TPSA) is 101 Å². The second-order valence-corrected chi connectivity index (χ2v) is 10.7. The predicted octanol–water partition coefficient (Wildman–Crippen LogP) is 0.280. The molecule has 1 aliphatic rings. The van der Waals surface area contributed by atoms with Crippen LogP contribution in [0.1, 0.15) is 40.0 Å². The lowest BCUT2D eigenvalue weighted by atomic mass is 9.86. The number of sulfonamides is 1. The van der Waals surface area contributed by atoms with Gasteiger partial charge >= 0.3 is 0 Å². The molecule has 0 amide bonds. The molecule has 0 radical (unpaired) electrons. The van der Waals surface area contributed by atoms with Crippen LogP contribution < -0.4 is 4.72 Å². The molecule has 1 fully saturated rings. The summed E-state index contributed by atoms with van der Waals surface area (Å²) in [5, 5.41) is 8.40. The van der Waals surface area contributed by atoms with Crippen LogP contribution >= 0.6 is 0 Å². The zero-order chi connectivity index (χ0) is 15.6. The maximum absolute atomic E-state index is 12.3. The van der Waals surface area contributed by atoms with Crippen LogP contribution in [0.4, 0.5) is 0 Å². The van der Waals surface area contributed by atoms with Crippen molar-refractivity contribution in [3.05, 3.63) is 0 Å². The van der Waals surface area contributed by atoms with Crippen molar-refractivity contribution in [2.24, 2.45) is 5.41 Å². The molecule has 6 nitrogen and oxygen atoms in total. The molecule has 20 heavy (non-hydrogen) atoms.